The highest BCUT2D eigenvalue weighted by atomic mass is 35.5. The number of carbonyl (C=O) groups excluding carboxylic acids is 3. The summed E-state index contributed by atoms with van der Waals surface area (Å²) in [5.41, 5.74) is -3.51. The molecule has 1 N–H and O–H groups in total. The van der Waals surface area contributed by atoms with Gasteiger partial charge in [-0.1, -0.05) is 23.7 Å². The number of nitrogens with one attached hydrogen (secondary N) is 1. The van der Waals surface area contributed by atoms with E-state index in [1.54, 1.807) is 20.8 Å². The van der Waals surface area contributed by atoms with Crippen LogP contribution in [-0.2, 0) is 33.3 Å². The third-order valence-electron chi connectivity index (χ3n) is 6.88. The largest absolute Gasteiger partial charge is 0.460 e. The fourth-order valence-corrected chi connectivity index (χ4v) is 5.84. The summed E-state index contributed by atoms with van der Waals surface area (Å²) in [5.74, 6) is -8.43. The number of alkyl halides is 5. The van der Waals surface area contributed by atoms with E-state index in [-0.39, 0.29) is 27.4 Å². The molecular formula is C31H24Cl3F6NO4. The molecule has 2 atom stereocenters. The van der Waals surface area contributed by atoms with Crippen LogP contribution in [-0.4, -0.2) is 27.6 Å². The fraction of sp³-hybridized carbons (Fsp3) is 0.323. The number of hydrogen-bond donors (Lipinski definition) is 1. The van der Waals surface area contributed by atoms with E-state index in [1.165, 1.54) is 12.1 Å². The zero-order chi connectivity index (χ0) is 33.6. The van der Waals surface area contributed by atoms with E-state index in [2.05, 4.69) is 5.32 Å². The number of benzene rings is 3. The Bertz CT molecular complexity index is 1690. The molecule has 0 radical (unpaired) electrons. The second-order valence-electron chi connectivity index (χ2n) is 11.4. The molecule has 45 heavy (non-hydrogen) atoms. The van der Waals surface area contributed by atoms with Crippen molar-refractivity contribution < 1.29 is 45.5 Å². The number of rotatable bonds is 8. The van der Waals surface area contributed by atoms with Crippen LogP contribution in [0.1, 0.15) is 59.3 Å². The minimum absolute atomic E-state index is 0.00256. The number of ether oxygens (including phenoxy) is 1. The Labute approximate surface area is 268 Å². The molecule has 1 aliphatic rings. The maximum absolute atomic E-state index is 15.2. The van der Waals surface area contributed by atoms with Gasteiger partial charge in [-0.2, -0.15) is 13.2 Å². The molecule has 0 unspecified atom stereocenters. The summed E-state index contributed by atoms with van der Waals surface area (Å²) in [6.45, 7) is 4.87. The van der Waals surface area contributed by atoms with Crippen LogP contribution in [0.15, 0.2) is 48.5 Å². The molecule has 3 aromatic carbocycles. The van der Waals surface area contributed by atoms with Gasteiger partial charge in [0.25, 0.3) is 0 Å². The fourth-order valence-electron chi connectivity index (χ4n) is 4.79. The van der Waals surface area contributed by atoms with E-state index in [0.29, 0.717) is 12.1 Å². The number of hydrogen-bond acceptors (Lipinski definition) is 4. The highest BCUT2D eigenvalue weighted by Crippen LogP contribution is 2.65. The Hall–Kier alpha value is -3.28. The molecular weight excluding hydrogens is 671 g/mol. The standard InChI is InChI=1S/C31H24Cl3F6NO4/c1-29(2,3)45-24(43)11-15-5-8-21(35)18(27(15)37)13-23(42)17-12-16(6-7-20(17)32)41-28(44)26-25(30(26,33)34)14-4-9-22(36)19(10-14)31(38,39)40/h4-10,12,25-26H,11,13H2,1-3H3,(H,41,44)/t25-,26+/m0/s1. The van der Waals surface area contributed by atoms with Crippen molar-refractivity contribution in [1.82, 2.24) is 0 Å². The van der Waals surface area contributed by atoms with Gasteiger partial charge in [-0.15, -0.1) is 23.2 Å². The molecule has 4 rings (SSSR count). The quantitative estimate of drug-likeness (QED) is 0.111. The van der Waals surface area contributed by atoms with Crippen LogP contribution in [0.4, 0.5) is 32.0 Å². The maximum atomic E-state index is 15.2. The number of Topliss-reactive ketones (excluding diaryl/α,β-unsaturated/α-hetero) is 1. The van der Waals surface area contributed by atoms with Crippen molar-refractivity contribution >= 4 is 58.1 Å². The van der Waals surface area contributed by atoms with Crippen molar-refractivity contribution in [2.75, 3.05) is 5.32 Å². The van der Waals surface area contributed by atoms with Gasteiger partial charge >= 0.3 is 12.1 Å². The lowest BCUT2D eigenvalue weighted by atomic mass is 9.98. The zero-order valence-electron chi connectivity index (χ0n) is 23.7. The third kappa shape index (κ3) is 7.76. The Morgan fingerprint density at radius 3 is 2.18 bits per heavy atom. The first-order valence-corrected chi connectivity index (χ1v) is 14.4. The molecule has 5 nitrogen and oxygen atoms in total. The summed E-state index contributed by atoms with van der Waals surface area (Å²) in [4.78, 5) is 38.4. The van der Waals surface area contributed by atoms with Crippen molar-refractivity contribution in [3.63, 3.8) is 0 Å². The van der Waals surface area contributed by atoms with Crippen molar-refractivity contribution in [2.45, 2.75) is 55.6 Å². The van der Waals surface area contributed by atoms with Crippen molar-refractivity contribution in [1.29, 1.82) is 0 Å². The number of anilines is 1. The second kappa shape index (κ2) is 12.5. The molecule has 0 aliphatic heterocycles. The molecule has 1 saturated carbocycles. The smallest absolute Gasteiger partial charge is 0.419 e. The molecule has 0 aromatic heterocycles. The third-order valence-corrected chi connectivity index (χ3v) is 8.15. The minimum Gasteiger partial charge on any atom is -0.460 e. The topological polar surface area (TPSA) is 72.5 Å². The lowest BCUT2D eigenvalue weighted by molar-refractivity contribution is -0.154. The van der Waals surface area contributed by atoms with Crippen molar-refractivity contribution in [3.8, 4) is 0 Å². The first-order valence-electron chi connectivity index (χ1n) is 13.3. The van der Waals surface area contributed by atoms with Crippen LogP contribution in [0.2, 0.25) is 5.02 Å². The van der Waals surface area contributed by atoms with Crippen molar-refractivity contribution in [3.05, 3.63) is 98.8 Å². The van der Waals surface area contributed by atoms with E-state index in [0.717, 1.165) is 24.3 Å². The number of ketones is 1. The molecule has 1 fully saturated rings. The summed E-state index contributed by atoms with van der Waals surface area (Å²) >= 11 is 18.6. The van der Waals surface area contributed by atoms with E-state index in [4.69, 9.17) is 39.5 Å². The van der Waals surface area contributed by atoms with Gasteiger partial charge in [0.1, 0.15) is 27.4 Å². The lowest BCUT2D eigenvalue weighted by Gasteiger charge is -2.19. The average Bonchev–Trinajstić information content (AvgIpc) is 3.49. The molecule has 1 aliphatic carbocycles. The predicted molar refractivity (Wildman–Crippen MR) is 156 cm³/mol. The zero-order valence-corrected chi connectivity index (χ0v) is 26.0. The van der Waals surface area contributed by atoms with Crippen LogP contribution in [0.5, 0.6) is 0 Å². The number of halogens is 9. The second-order valence-corrected chi connectivity index (χ2v) is 13.3. The number of esters is 1. The van der Waals surface area contributed by atoms with Crippen LogP contribution in [0.3, 0.4) is 0 Å². The maximum Gasteiger partial charge on any atom is 0.419 e. The van der Waals surface area contributed by atoms with Gasteiger partial charge in [0, 0.05) is 29.2 Å². The first-order chi connectivity index (χ1) is 20.7. The molecule has 14 heteroatoms. The van der Waals surface area contributed by atoms with Crippen LogP contribution < -0.4 is 5.32 Å². The molecule has 1 amide bonds. The summed E-state index contributed by atoms with van der Waals surface area (Å²) in [6, 6.07) is 7.86. The van der Waals surface area contributed by atoms with Gasteiger partial charge in [0.05, 0.1) is 22.9 Å². The molecule has 0 saturated heterocycles. The minimum atomic E-state index is -4.99. The first kappa shape index (κ1) is 34.6. The summed E-state index contributed by atoms with van der Waals surface area (Å²) in [7, 11) is 0. The van der Waals surface area contributed by atoms with Gasteiger partial charge in [0.2, 0.25) is 5.91 Å². The average molecular weight is 695 g/mol. The molecule has 0 spiro atoms. The van der Waals surface area contributed by atoms with E-state index < -0.39 is 87.0 Å². The molecule has 240 valence electrons. The summed E-state index contributed by atoms with van der Waals surface area (Å²) < 4.78 is 86.6. The van der Waals surface area contributed by atoms with Gasteiger partial charge < -0.3 is 10.1 Å². The normalized spacial score (nSPS) is 17.5. The lowest BCUT2D eigenvalue weighted by Crippen LogP contribution is -2.25. The van der Waals surface area contributed by atoms with Crippen LogP contribution >= 0.6 is 34.8 Å². The van der Waals surface area contributed by atoms with Crippen LogP contribution in [0.25, 0.3) is 0 Å². The Morgan fingerprint density at radius 2 is 1.56 bits per heavy atom. The van der Waals surface area contributed by atoms with E-state index in [1.807, 2.05) is 0 Å². The van der Waals surface area contributed by atoms with Gasteiger partial charge in [-0.25, -0.2) is 13.2 Å². The van der Waals surface area contributed by atoms with Gasteiger partial charge in [-0.3, -0.25) is 14.4 Å². The number of amides is 1. The van der Waals surface area contributed by atoms with E-state index in [9.17, 15) is 36.3 Å². The van der Waals surface area contributed by atoms with Gasteiger partial charge in [-0.05, 0) is 68.3 Å². The SMILES string of the molecule is CC(C)(C)OC(=O)Cc1ccc(F)c(CC(=O)c2cc(NC(=O)[C@H]3[C@H](c4ccc(F)c(C(F)(F)F)c4)C3(Cl)Cl)ccc2Cl)c1F. The van der Waals surface area contributed by atoms with Crippen LogP contribution in [0, 0.1) is 23.4 Å². The van der Waals surface area contributed by atoms with E-state index >= 15 is 4.39 Å². The highest BCUT2D eigenvalue weighted by molar-refractivity contribution is 6.53. The van der Waals surface area contributed by atoms with Crippen molar-refractivity contribution in [2.24, 2.45) is 5.92 Å². The predicted octanol–water partition coefficient (Wildman–Crippen LogP) is 8.61. The summed E-state index contributed by atoms with van der Waals surface area (Å²) in [6.07, 6.45) is -6.29. The number of carbonyl (C=O) groups is 3. The van der Waals surface area contributed by atoms with Gasteiger partial charge in [0.15, 0.2) is 5.78 Å². The Kier molecular flexibility index (Phi) is 9.60. The molecule has 0 heterocycles. The monoisotopic (exact) mass is 693 g/mol. The molecule has 0 bridgehead atoms. The Balaban J connectivity index is 1.52. The Morgan fingerprint density at radius 1 is 0.911 bits per heavy atom. The highest BCUT2D eigenvalue weighted by Gasteiger charge is 2.67. The molecule has 3 aromatic rings. The summed E-state index contributed by atoms with van der Waals surface area (Å²) in [5, 5.41) is 2.35.